The summed E-state index contributed by atoms with van der Waals surface area (Å²) in [6.07, 6.45) is 1.48. The van der Waals surface area contributed by atoms with Crippen molar-refractivity contribution in [3.05, 3.63) is 0 Å². The zero-order valence-corrected chi connectivity index (χ0v) is 8.79. The molecule has 0 heterocycles. The summed E-state index contributed by atoms with van der Waals surface area (Å²) in [4.78, 5) is 22.6. The molecule has 0 radical (unpaired) electrons. The number of esters is 1. The molecule has 1 saturated carbocycles. The highest BCUT2D eigenvalue weighted by molar-refractivity contribution is 5.99. The van der Waals surface area contributed by atoms with Crippen LogP contribution < -0.4 is 0 Å². The van der Waals surface area contributed by atoms with Crippen LogP contribution in [0.3, 0.4) is 0 Å². The van der Waals surface area contributed by atoms with Gasteiger partial charge in [-0.15, -0.1) is 0 Å². The van der Waals surface area contributed by atoms with Crippen LogP contribution in [-0.2, 0) is 14.3 Å². The maximum atomic E-state index is 11.5. The van der Waals surface area contributed by atoms with Crippen molar-refractivity contribution >= 4 is 11.9 Å². The van der Waals surface area contributed by atoms with Gasteiger partial charge in [-0.2, -0.15) is 0 Å². The van der Waals surface area contributed by atoms with Crippen LogP contribution >= 0.6 is 0 Å². The lowest BCUT2D eigenvalue weighted by molar-refractivity contribution is -0.167. The summed E-state index contributed by atoms with van der Waals surface area (Å²) in [5.74, 6) is -1.68. The van der Waals surface area contributed by atoms with E-state index in [1.807, 2.05) is 13.8 Å². The van der Waals surface area contributed by atoms with Gasteiger partial charge in [-0.3, -0.25) is 9.59 Å². The standard InChI is InChI=1S/C10H16O4/c1-9(2)4-5-10(6-9,7(11)12)8(13)14-3/h4-6H2,1-3H3,(H,11,12). The number of carbonyl (C=O) groups is 2. The van der Waals surface area contributed by atoms with Crippen LogP contribution in [0.4, 0.5) is 0 Å². The smallest absolute Gasteiger partial charge is 0.323 e. The first-order chi connectivity index (χ1) is 6.34. The summed E-state index contributed by atoms with van der Waals surface area (Å²) < 4.78 is 4.57. The van der Waals surface area contributed by atoms with Gasteiger partial charge in [0, 0.05) is 0 Å². The molecule has 80 valence electrons. The van der Waals surface area contributed by atoms with Gasteiger partial charge in [0.15, 0.2) is 5.41 Å². The van der Waals surface area contributed by atoms with Gasteiger partial charge in [-0.25, -0.2) is 0 Å². The van der Waals surface area contributed by atoms with Crippen LogP contribution in [0.1, 0.15) is 33.1 Å². The van der Waals surface area contributed by atoms with Crippen LogP contribution in [-0.4, -0.2) is 24.2 Å². The highest BCUT2D eigenvalue weighted by atomic mass is 16.5. The summed E-state index contributed by atoms with van der Waals surface area (Å²) >= 11 is 0. The number of methoxy groups -OCH3 is 1. The topological polar surface area (TPSA) is 63.6 Å². The number of carbonyl (C=O) groups excluding carboxylic acids is 1. The first-order valence-corrected chi connectivity index (χ1v) is 4.66. The summed E-state index contributed by atoms with van der Waals surface area (Å²) in [6, 6.07) is 0. The van der Waals surface area contributed by atoms with E-state index in [2.05, 4.69) is 4.74 Å². The van der Waals surface area contributed by atoms with E-state index in [4.69, 9.17) is 5.11 Å². The van der Waals surface area contributed by atoms with Crippen molar-refractivity contribution in [2.45, 2.75) is 33.1 Å². The third-order valence-electron chi connectivity index (χ3n) is 2.99. The van der Waals surface area contributed by atoms with Crippen molar-refractivity contribution < 1.29 is 19.4 Å². The van der Waals surface area contributed by atoms with Crippen LogP contribution in [0.5, 0.6) is 0 Å². The van der Waals surface area contributed by atoms with Crippen LogP contribution in [0.2, 0.25) is 0 Å². The molecule has 0 aromatic heterocycles. The zero-order chi connectivity index (χ0) is 11.0. The average Bonchev–Trinajstić information content (AvgIpc) is 2.42. The fourth-order valence-corrected chi connectivity index (χ4v) is 2.18. The number of ether oxygens (including phenoxy) is 1. The predicted molar refractivity (Wildman–Crippen MR) is 49.7 cm³/mol. The van der Waals surface area contributed by atoms with Gasteiger partial charge in [-0.05, 0) is 24.7 Å². The maximum Gasteiger partial charge on any atom is 0.323 e. The van der Waals surface area contributed by atoms with E-state index in [-0.39, 0.29) is 5.41 Å². The molecule has 0 aromatic rings. The van der Waals surface area contributed by atoms with E-state index in [1.165, 1.54) is 7.11 Å². The van der Waals surface area contributed by atoms with Gasteiger partial charge in [0.25, 0.3) is 0 Å². The van der Waals surface area contributed by atoms with Gasteiger partial charge < -0.3 is 9.84 Å². The van der Waals surface area contributed by atoms with E-state index >= 15 is 0 Å². The van der Waals surface area contributed by atoms with E-state index in [0.717, 1.165) is 6.42 Å². The Labute approximate surface area is 83.2 Å². The van der Waals surface area contributed by atoms with Crippen molar-refractivity contribution in [1.82, 2.24) is 0 Å². The minimum atomic E-state index is -1.31. The molecule has 0 bridgehead atoms. The number of aliphatic carboxylic acids is 1. The number of hydrogen-bond donors (Lipinski definition) is 1. The second-order valence-corrected chi connectivity index (χ2v) is 4.72. The molecule has 0 spiro atoms. The number of carboxylic acid groups (broad SMARTS) is 1. The molecule has 1 N–H and O–H groups in total. The summed E-state index contributed by atoms with van der Waals surface area (Å²) in [5.41, 5.74) is -1.40. The second kappa shape index (κ2) is 3.26. The largest absolute Gasteiger partial charge is 0.480 e. The first-order valence-electron chi connectivity index (χ1n) is 4.66. The Morgan fingerprint density at radius 1 is 1.29 bits per heavy atom. The molecule has 1 aliphatic rings. The Bertz CT molecular complexity index is 269. The molecular weight excluding hydrogens is 184 g/mol. The zero-order valence-electron chi connectivity index (χ0n) is 8.79. The summed E-state index contributed by atoms with van der Waals surface area (Å²) in [7, 11) is 1.23. The molecule has 0 aromatic carbocycles. The quantitative estimate of drug-likeness (QED) is 0.541. The Hall–Kier alpha value is -1.06. The lowest BCUT2D eigenvalue weighted by Crippen LogP contribution is -2.38. The highest BCUT2D eigenvalue weighted by Crippen LogP contribution is 2.49. The van der Waals surface area contributed by atoms with Crippen LogP contribution in [0.25, 0.3) is 0 Å². The fourth-order valence-electron chi connectivity index (χ4n) is 2.18. The van der Waals surface area contributed by atoms with Crippen molar-refractivity contribution in [3.63, 3.8) is 0 Å². The van der Waals surface area contributed by atoms with Crippen molar-refractivity contribution in [1.29, 1.82) is 0 Å². The lowest BCUT2D eigenvalue weighted by Gasteiger charge is -2.23. The predicted octanol–water partition coefficient (Wildman–Crippen LogP) is 1.44. The molecule has 1 fully saturated rings. The van der Waals surface area contributed by atoms with E-state index in [1.54, 1.807) is 0 Å². The Morgan fingerprint density at radius 3 is 2.14 bits per heavy atom. The molecular formula is C10H16O4. The van der Waals surface area contributed by atoms with Crippen molar-refractivity contribution in [2.75, 3.05) is 7.11 Å². The molecule has 4 heteroatoms. The van der Waals surface area contributed by atoms with E-state index in [9.17, 15) is 9.59 Å². The monoisotopic (exact) mass is 200 g/mol. The molecule has 1 rings (SSSR count). The third kappa shape index (κ3) is 1.61. The van der Waals surface area contributed by atoms with Crippen molar-refractivity contribution in [2.24, 2.45) is 10.8 Å². The molecule has 0 aliphatic heterocycles. The lowest BCUT2D eigenvalue weighted by atomic mass is 9.81. The minimum absolute atomic E-state index is 0.0907. The Balaban J connectivity index is 2.98. The number of hydrogen-bond acceptors (Lipinski definition) is 3. The van der Waals surface area contributed by atoms with Crippen LogP contribution in [0.15, 0.2) is 0 Å². The van der Waals surface area contributed by atoms with E-state index < -0.39 is 17.4 Å². The molecule has 14 heavy (non-hydrogen) atoms. The second-order valence-electron chi connectivity index (χ2n) is 4.72. The molecule has 1 atom stereocenters. The molecule has 1 aliphatic carbocycles. The molecule has 0 amide bonds. The highest BCUT2D eigenvalue weighted by Gasteiger charge is 2.55. The fraction of sp³-hybridized carbons (Fsp3) is 0.800. The van der Waals surface area contributed by atoms with Gasteiger partial charge >= 0.3 is 11.9 Å². The number of carboxylic acids is 1. The minimum Gasteiger partial charge on any atom is -0.480 e. The maximum absolute atomic E-state index is 11.5. The summed E-state index contributed by atoms with van der Waals surface area (Å²) in [5, 5.41) is 9.10. The van der Waals surface area contributed by atoms with Gasteiger partial charge in [-0.1, -0.05) is 13.8 Å². The normalized spacial score (nSPS) is 29.9. The van der Waals surface area contributed by atoms with Crippen molar-refractivity contribution in [3.8, 4) is 0 Å². The molecule has 4 nitrogen and oxygen atoms in total. The average molecular weight is 200 g/mol. The first kappa shape index (κ1) is 11.0. The molecule has 0 saturated heterocycles. The molecule has 1 unspecified atom stereocenters. The van der Waals surface area contributed by atoms with Gasteiger partial charge in [0.1, 0.15) is 0 Å². The SMILES string of the molecule is COC(=O)C1(C(=O)O)CCC(C)(C)C1. The van der Waals surface area contributed by atoms with Crippen LogP contribution in [0, 0.1) is 10.8 Å². The van der Waals surface area contributed by atoms with Gasteiger partial charge in [0.05, 0.1) is 7.11 Å². The van der Waals surface area contributed by atoms with Gasteiger partial charge in [0.2, 0.25) is 0 Å². The Kier molecular flexibility index (Phi) is 2.56. The number of rotatable bonds is 2. The summed E-state index contributed by atoms with van der Waals surface area (Å²) in [6.45, 7) is 3.95. The Morgan fingerprint density at radius 2 is 1.86 bits per heavy atom. The van der Waals surface area contributed by atoms with E-state index in [0.29, 0.717) is 12.8 Å². The third-order valence-corrected chi connectivity index (χ3v) is 2.99.